The molecule has 0 N–H and O–H groups in total. The van der Waals surface area contributed by atoms with Gasteiger partial charge in [0.05, 0.1) is 0 Å². The summed E-state index contributed by atoms with van der Waals surface area (Å²) in [7, 11) is 0. The normalized spacial score (nSPS) is 25.5. The number of carbonyl (C=O) groups is 1. The van der Waals surface area contributed by atoms with Gasteiger partial charge in [0.25, 0.3) is 5.12 Å². The highest BCUT2D eigenvalue weighted by molar-refractivity contribution is 8.14. The van der Waals surface area contributed by atoms with Gasteiger partial charge in [-0.3, -0.25) is 4.79 Å². The molecule has 0 aromatic carbocycles. The minimum Gasteiger partial charge on any atom is -0.281 e. The third kappa shape index (κ3) is 4.22. The lowest BCUT2D eigenvalue weighted by Gasteiger charge is -2.15. The molecule has 0 amide bonds. The summed E-state index contributed by atoms with van der Waals surface area (Å²) in [6.07, 6.45) is 5.96. The van der Waals surface area contributed by atoms with Crippen LogP contribution in [0, 0.1) is 0 Å². The summed E-state index contributed by atoms with van der Waals surface area (Å²) < 4.78 is 24.0. The molecule has 1 rings (SSSR count). The lowest BCUT2D eigenvalue weighted by atomic mass is 10.1. The molecule has 0 saturated carbocycles. The summed E-state index contributed by atoms with van der Waals surface area (Å²) in [5.41, 5.74) is 0. The first-order chi connectivity index (χ1) is 6.70. The number of rotatable bonds is 2. The van der Waals surface area contributed by atoms with E-state index in [-0.39, 0.29) is 5.25 Å². The Morgan fingerprint density at radius 1 is 1.29 bits per heavy atom. The first-order valence-electron chi connectivity index (χ1n) is 4.84. The Balaban J connectivity index is 2.35. The Morgan fingerprint density at radius 2 is 2.00 bits per heavy atom. The zero-order chi connectivity index (χ0) is 10.4. The monoisotopic (exact) mass is 220 g/mol. The first kappa shape index (κ1) is 11.7. The zero-order valence-corrected chi connectivity index (χ0v) is 8.73. The summed E-state index contributed by atoms with van der Waals surface area (Å²) in [6, 6.07) is 0. The maximum atomic E-state index is 12.0. The summed E-state index contributed by atoms with van der Waals surface area (Å²) in [5, 5.41) is -0.888. The molecule has 1 unspecified atom stereocenters. The minimum absolute atomic E-state index is 0.0847. The predicted molar refractivity (Wildman–Crippen MR) is 54.6 cm³/mol. The van der Waals surface area contributed by atoms with Crippen molar-refractivity contribution in [2.45, 2.75) is 43.8 Å². The minimum atomic E-state index is -2.82. The van der Waals surface area contributed by atoms with Crippen molar-refractivity contribution in [1.82, 2.24) is 0 Å². The van der Waals surface area contributed by atoms with Crippen molar-refractivity contribution in [2.75, 3.05) is 0 Å². The van der Waals surface area contributed by atoms with E-state index in [1.807, 2.05) is 0 Å². The maximum absolute atomic E-state index is 12.0. The van der Waals surface area contributed by atoms with Gasteiger partial charge in [-0.1, -0.05) is 23.9 Å². The molecule has 0 spiro atoms. The van der Waals surface area contributed by atoms with Gasteiger partial charge >= 0.3 is 6.43 Å². The lowest BCUT2D eigenvalue weighted by Crippen LogP contribution is -2.13. The molecule has 1 nitrogen and oxygen atoms in total. The molecule has 80 valence electrons. The quantitative estimate of drug-likeness (QED) is 0.663. The Kier molecular flexibility index (Phi) is 5.15. The molecule has 0 aromatic rings. The van der Waals surface area contributed by atoms with E-state index >= 15 is 0 Å². The summed E-state index contributed by atoms with van der Waals surface area (Å²) in [5.74, 6) is 0. The number of thioether (sulfide) groups is 1. The topological polar surface area (TPSA) is 17.1 Å². The fraction of sp³-hybridized carbons (Fsp3) is 0.700. The second-order valence-corrected chi connectivity index (χ2v) is 4.64. The largest absolute Gasteiger partial charge is 0.306 e. The number of hydrogen-bond acceptors (Lipinski definition) is 2. The van der Waals surface area contributed by atoms with Crippen molar-refractivity contribution in [3.63, 3.8) is 0 Å². The Labute approximate surface area is 86.9 Å². The van der Waals surface area contributed by atoms with Crippen LogP contribution in [0.15, 0.2) is 12.2 Å². The second-order valence-electron chi connectivity index (χ2n) is 3.34. The molecular weight excluding hydrogens is 206 g/mol. The van der Waals surface area contributed by atoms with Crippen LogP contribution in [0.1, 0.15) is 32.1 Å². The number of hydrogen-bond donors (Lipinski definition) is 0. The van der Waals surface area contributed by atoms with E-state index in [1.165, 1.54) is 0 Å². The molecule has 0 aliphatic heterocycles. The van der Waals surface area contributed by atoms with Gasteiger partial charge in [0.1, 0.15) is 0 Å². The van der Waals surface area contributed by atoms with Crippen LogP contribution < -0.4 is 0 Å². The van der Waals surface area contributed by atoms with E-state index in [0.717, 1.165) is 43.9 Å². The third-order valence-electron chi connectivity index (χ3n) is 2.18. The number of halogens is 2. The number of alkyl halides is 2. The van der Waals surface area contributed by atoms with E-state index in [1.54, 1.807) is 0 Å². The van der Waals surface area contributed by atoms with Crippen LogP contribution in [0.4, 0.5) is 8.78 Å². The number of allylic oxidation sites excluding steroid dienone is 2. The molecule has 0 fully saturated rings. The van der Waals surface area contributed by atoms with E-state index in [0.29, 0.717) is 0 Å². The Hall–Kier alpha value is -0.380. The van der Waals surface area contributed by atoms with Crippen LogP contribution >= 0.6 is 11.8 Å². The summed E-state index contributed by atoms with van der Waals surface area (Å²) in [4.78, 5) is 10.8. The third-order valence-corrected chi connectivity index (χ3v) is 3.40. The van der Waals surface area contributed by atoms with E-state index < -0.39 is 11.5 Å². The van der Waals surface area contributed by atoms with Gasteiger partial charge in [-0.2, -0.15) is 0 Å². The van der Waals surface area contributed by atoms with Crippen LogP contribution in [0.25, 0.3) is 0 Å². The van der Waals surface area contributed by atoms with E-state index in [4.69, 9.17) is 0 Å². The van der Waals surface area contributed by atoms with Crippen molar-refractivity contribution in [3.8, 4) is 0 Å². The molecule has 4 heteroatoms. The fourth-order valence-electron chi connectivity index (χ4n) is 1.46. The van der Waals surface area contributed by atoms with Gasteiger partial charge in [-0.05, 0) is 32.1 Å². The SMILES string of the molecule is O=C(SC1CC/C=C\CCC1)C(F)F. The van der Waals surface area contributed by atoms with Crippen LogP contribution in [0.3, 0.4) is 0 Å². The molecule has 1 aliphatic carbocycles. The second kappa shape index (κ2) is 6.17. The first-order valence-corrected chi connectivity index (χ1v) is 5.72. The molecule has 1 aliphatic rings. The molecule has 0 bridgehead atoms. The molecule has 0 aromatic heterocycles. The van der Waals surface area contributed by atoms with E-state index in [9.17, 15) is 13.6 Å². The van der Waals surface area contributed by atoms with Crippen LogP contribution in [0.2, 0.25) is 0 Å². The van der Waals surface area contributed by atoms with Crippen molar-refractivity contribution in [2.24, 2.45) is 0 Å². The lowest BCUT2D eigenvalue weighted by molar-refractivity contribution is -0.120. The highest BCUT2D eigenvalue weighted by Gasteiger charge is 2.21. The molecule has 0 heterocycles. The van der Waals surface area contributed by atoms with Gasteiger partial charge in [-0.25, -0.2) is 8.78 Å². The summed E-state index contributed by atoms with van der Waals surface area (Å²) >= 11 is 0.828. The Bertz CT molecular complexity index is 216. The van der Waals surface area contributed by atoms with Crippen LogP contribution in [-0.2, 0) is 4.79 Å². The van der Waals surface area contributed by atoms with Crippen molar-refractivity contribution < 1.29 is 13.6 Å². The average molecular weight is 220 g/mol. The molecule has 0 saturated heterocycles. The Morgan fingerprint density at radius 3 is 2.71 bits per heavy atom. The van der Waals surface area contributed by atoms with Crippen molar-refractivity contribution in [1.29, 1.82) is 0 Å². The smallest absolute Gasteiger partial charge is 0.281 e. The maximum Gasteiger partial charge on any atom is 0.306 e. The molecular formula is C10H14F2OS. The molecule has 14 heavy (non-hydrogen) atoms. The highest BCUT2D eigenvalue weighted by Crippen LogP contribution is 2.26. The predicted octanol–water partition coefficient (Wildman–Crippen LogP) is 3.40. The van der Waals surface area contributed by atoms with Crippen LogP contribution in [0.5, 0.6) is 0 Å². The van der Waals surface area contributed by atoms with Crippen LogP contribution in [-0.4, -0.2) is 16.8 Å². The number of carbonyl (C=O) groups excluding carboxylic acids is 1. The van der Waals surface area contributed by atoms with E-state index in [2.05, 4.69) is 12.2 Å². The van der Waals surface area contributed by atoms with Crippen molar-refractivity contribution >= 4 is 16.9 Å². The van der Waals surface area contributed by atoms with Gasteiger partial charge in [-0.15, -0.1) is 0 Å². The standard InChI is InChI=1S/C10H14F2OS/c11-9(12)10(13)14-8-6-4-2-1-3-5-7-8/h1-2,8-9H,3-7H2/b2-1-. The average Bonchev–Trinajstić information content (AvgIpc) is 2.08. The summed E-state index contributed by atoms with van der Waals surface area (Å²) in [6.45, 7) is 0. The highest BCUT2D eigenvalue weighted by atomic mass is 32.2. The van der Waals surface area contributed by atoms with Gasteiger partial charge in [0.15, 0.2) is 0 Å². The van der Waals surface area contributed by atoms with Gasteiger partial charge in [0, 0.05) is 5.25 Å². The van der Waals surface area contributed by atoms with Gasteiger partial charge in [0.2, 0.25) is 0 Å². The molecule has 0 radical (unpaired) electrons. The van der Waals surface area contributed by atoms with Gasteiger partial charge < -0.3 is 0 Å². The zero-order valence-electron chi connectivity index (χ0n) is 7.92. The molecule has 1 atom stereocenters. The fourth-order valence-corrected chi connectivity index (χ4v) is 2.43. The van der Waals surface area contributed by atoms with Crippen molar-refractivity contribution in [3.05, 3.63) is 12.2 Å².